The molecule has 1 aromatic carbocycles. The number of fused-ring (bicyclic) bond motifs is 1. The van der Waals surface area contributed by atoms with Crippen molar-refractivity contribution in [2.45, 2.75) is 30.9 Å². The van der Waals surface area contributed by atoms with Crippen LogP contribution in [0.1, 0.15) is 24.5 Å². The fourth-order valence-electron chi connectivity index (χ4n) is 2.19. The van der Waals surface area contributed by atoms with E-state index in [1.54, 1.807) is 18.2 Å². The Hall–Kier alpha value is -1.86. The third-order valence-electron chi connectivity index (χ3n) is 3.37. The Kier molecular flexibility index (Phi) is 3.92. The molecular formula is C15H17N3O2S2. The number of sulfonamides is 1. The maximum atomic E-state index is 12.4. The summed E-state index contributed by atoms with van der Waals surface area (Å²) >= 11 is 1.30. The zero-order chi connectivity index (χ0) is 15.7. The minimum Gasteiger partial charge on any atom is -0.342 e. The highest BCUT2D eigenvalue weighted by Crippen LogP contribution is 2.25. The van der Waals surface area contributed by atoms with Gasteiger partial charge in [0.25, 0.3) is 10.0 Å². The standard InChI is InChI=1S/C15H17N3O2S2/c1-3-11-6-8-15(21-11)22(19,20)18-10-5-7-12-13(9-10)17-14(4-2)16-12/h5-9,18H,3-4H2,1-2H3,(H,16,17). The van der Waals surface area contributed by atoms with Crippen LogP contribution in [-0.2, 0) is 22.9 Å². The first-order valence-electron chi connectivity index (χ1n) is 7.12. The van der Waals surface area contributed by atoms with Crippen LogP contribution in [0.25, 0.3) is 11.0 Å². The molecule has 2 heterocycles. The van der Waals surface area contributed by atoms with Gasteiger partial charge in [0, 0.05) is 11.3 Å². The van der Waals surface area contributed by atoms with Gasteiger partial charge in [-0.3, -0.25) is 4.72 Å². The van der Waals surface area contributed by atoms with Gasteiger partial charge in [-0.05, 0) is 36.8 Å². The summed E-state index contributed by atoms with van der Waals surface area (Å²) in [4.78, 5) is 8.64. The molecule has 0 atom stereocenters. The zero-order valence-corrected chi connectivity index (χ0v) is 14.0. The lowest BCUT2D eigenvalue weighted by Gasteiger charge is -2.06. The van der Waals surface area contributed by atoms with Gasteiger partial charge in [-0.2, -0.15) is 0 Å². The van der Waals surface area contributed by atoms with Crippen molar-refractivity contribution in [2.24, 2.45) is 0 Å². The van der Waals surface area contributed by atoms with Crippen molar-refractivity contribution >= 4 is 38.1 Å². The normalized spacial score (nSPS) is 11.9. The third-order valence-corrected chi connectivity index (χ3v) is 6.47. The molecule has 0 aliphatic rings. The number of aromatic nitrogens is 2. The molecule has 0 unspecified atom stereocenters. The molecule has 2 N–H and O–H groups in total. The van der Waals surface area contributed by atoms with Crippen LogP contribution >= 0.6 is 11.3 Å². The lowest BCUT2D eigenvalue weighted by Crippen LogP contribution is -2.11. The Labute approximate surface area is 133 Å². The molecule has 0 aliphatic heterocycles. The smallest absolute Gasteiger partial charge is 0.271 e. The lowest BCUT2D eigenvalue weighted by molar-refractivity contribution is 0.603. The van der Waals surface area contributed by atoms with Crippen LogP contribution in [0, 0.1) is 0 Å². The van der Waals surface area contributed by atoms with Gasteiger partial charge in [-0.25, -0.2) is 13.4 Å². The molecule has 0 radical (unpaired) electrons. The molecular weight excluding hydrogens is 318 g/mol. The molecule has 3 aromatic rings. The quantitative estimate of drug-likeness (QED) is 0.749. The molecule has 22 heavy (non-hydrogen) atoms. The Morgan fingerprint density at radius 2 is 2.00 bits per heavy atom. The maximum absolute atomic E-state index is 12.4. The molecule has 5 nitrogen and oxygen atoms in total. The van der Waals surface area contributed by atoms with Gasteiger partial charge in [-0.15, -0.1) is 11.3 Å². The van der Waals surface area contributed by atoms with E-state index in [2.05, 4.69) is 14.7 Å². The lowest BCUT2D eigenvalue weighted by atomic mass is 10.3. The molecule has 0 bridgehead atoms. The number of hydrogen-bond donors (Lipinski definition) is 2. The average molecular weight is 335 g/mol. The second kappa shape index (κ2) is 5.73. The fourth-order valence-corrected chi connectivity index (χ4v) is 4.54. The Morgan fingerprint density at radius 3 is 2.68 bits per heavy atom. The van der Waals surface area contributed by atoms with E-state index in [4.69, 9.17) is 0 Å². The average Bonchev–Trinajstić information content (AvgIpc) is 3.12. The predicted octanol–water partition coefficient (Wildman–Crippen LogP) is 3.55. The van der Waals surface area contributed by atoms with Crippen LogP contribution in [0.5, 0.6) is 0 Å². The number of hydrogen-bond acceptors (Lipinski definition) is 4. The van der Waals surface area contributed by atoms with Gasteiger partial charge in [0.05, 0.1) is 16.7 Å². The summed E-state index contributed by atoms with van der Waals surface area (Å²) in [6.07, 6.45) is 1.64. The number of anilines is 1. The molecule has 0 aliphatic carbocycles. The van der Waals surface area contributed by atoms with Gasteiger partial charge in [0.2, 0.25) is 0 Å². The van der Waals surface area contributed by atoms with Gasteiger partial charge >= 0.3 is 0 Å². The van der Waals surface area contributed by atoms with Crippen LogP contribution in [0.3, 0.4) is 0 Å². The van der Waals surface area contributed by atoms with Crippen molar-refractivity contribution in [3.05, 3.63) is 41.0 Å². The fraction of sp³-hybridized carbons (Fsp3) is 0.267. The maximum Gasteiger partial charge on any atom is 0.271 e. The third kappa shape index (κ3) is 2.86. The number of rotatable bonds is 5. The summed E-state index contributed by atoms with van der Waals surface area (Å²) in [5.41, 5.74) is 2.20. The van der Waals surface area contributed by atoms with Gasteiger partial charge < -0.3 is 4.98 Å². The van der Waals surface area contributed by atoms with Crippen LogP contribution in [0.2, 0.25) is 0 Å². The molecule has 7 heteroatoms. The highest BCUT2D eigenvalue weighted by atomic mass is 32.2. The molecule has 0 spiro atoms. The molecule has 0 saturated heterocycles. The van der Waals surface area contributed by atoms with Crippen molar-refractivity contribution < 1.29 is 8.42 Å². The van der Waals surface area contributed by atoms with Crippen molar-refractivity contribution in [3.63, 3.8) is 0 Å². The van der Waals surface area contributed by atoms with E-state index in [0.717, 1.165) is 34.6 Å². The van der Waals surface area contributed by atoms with E-state index in [-0.39, 0.29) is 0 Å². The number of imidazole rings is 1. The van der Waals surface area contributed by atoms with E-state index in [1.807, 2.05) is 26.0 Å². The van der Waals surface area contributed by atoms with Crippen molar-refractivity contribution in [2.75, 3.05) is 4.72 Å². The van der Waals surface area contributed by atoms with Crippen molar-refractivity contribution in [1.29, 1.82) is 0 Å². The molecule has 0 amide bonds. The first-order valence-corrected chi connectivity index (χ1v) is 9.42. The summed E-state index contributed by atoms with van der Waals surface area (Å²) in [6, 6.07) is 8.82. The topological polar surface area (TPSA) is 74.8 Å². The van der Waals surface area contributed by atoms with Crippen LogP contribution in [0.4, 0.5) is 5.69 Å². The number of benzene rings is 1. The van der Waals surface area contributed by atoms with E-state index < -0.39 is 10.0 Å². The minimum atomic E-state index is -3.54. The Balaban J connectivity index is 1.91. The van der Waals surface area contributed by atoms with E-state index in [1.165, 1.54) is 11.3 Å². The Morgan fingerprint density at radius 1 is 1.18 bits per heavy atom. The molecule has 116 valence electrons. The van der Waals surface area contributed by atoms with E-state index in [0.29, 0.717) is 9.90 Å². The zero-order valence-electron chi connectivity index (χ0n) is 12.4. The first-order chi connectivity index (χ1) is 10.5. The number of aromatic amines is 1. The summed E-state index contributed by atoms with van der Waals surface area (Å²) < 4.78 is 27.8. The number of nitrogens with one attached hydrogen (secondary N) is 2. The highest BCUT2D eigenvalue weighted by molar-refractivity contribution is 7.94. The number of H-pyrrole nitrogens is 1. The predicted molar refractivity (Wildman–Crippen MR) is 90.0 cm³/mol. The molecule has 3 rings (SSSR count). The SMILES string of the molecule is CCc1nc2ccc(NS(=O)(=O)c3ccc(CC)s3)cc2[nH]1. The van der Waals surface area contributed by atoms with Crippen molar-refractivity contribution in [3.8, 4) is 0 Å². The highest BCUT2D eigenvalue weighted by Gasteiger charge is 2.17. The van der Waals surface area contributed by atoms with Gasteiger partial charge in [0.1, 0.15) is 10.0 Å². The summed E-state index contributed by atoms with van der Waals surface area (Å²) in [7, 11) is -3.54. The van der Waals surface area contributed by atoms with E-state index >= 15 is 0 Å². The Bertz CT molecular complexity index is 910. The summed E-state index contributed by atoms with van der Waals surface area (Å²) in [5.74, 6) is 0.890. The van der Waals surface area contributed by atoms with E-state index in [9.17, 15) is 8.42 Å². The molecule has 0 fully saturated rings. The molecule has 2 aromatic heterocycles. The number of thiophene rings is 1. The largest absolute Gasteiger partial charge is 0.342 e. The summed E-state index contributed by atoms with van der Waals surface area (Å²) in [5, 5.41) is 0. The van der Waals surface area contributed by atoms with Crippen molar-refractivity contribution in [1.82, 2.24) is 9.97 Å². The van der Waals surface area contributed by atoms with Gasteiger partial charge in [-0.1, -0.05) is 13.8 Å². The monoisotopic (exact) mass is 335 g/mol. The minimum absolute atomic E-state index is 0.336. The molecule has 0 saturated carbocycles. The van der Waals surface area contributed by atoms with Crippen LogP contribution < -0.4 is 4.72 Å². The first kappa shape index (κ1) is 15.1. The number of nitrogens with zero attached hydrogens (tertiary/aromatic N) is 1. The second-order valence-corrected chi connectivity index (χ2v) is 8.03. The summed E-state index contributed by atoms with van der Waals surface area (Å²) in [6.45, 7) is 4.02. The number of aryl methyl sites for hydroxylation is 2. The van der Waals surface area contributed by atoms with Crippen LogP contribution in [-0.4, -0.2) is 18.4 Å². The second-order valence-electron chi connectivity index (χ2n) is 4.95. The van der Waals surface area contributed by atoms with Gasteiger partial charge in [0.15, 0.2) is 0 Å². The van der Waals surface area contributed by atoms with Crippen LogP contribution in [0.15, 0.2) is 34.5 Å².